The van der Waals surface area contributed by atoms with Crippen LogP contribution in [0.25, 0.3) is 0 Å². The van der Waals surface area contributed by atoms with Gasteiger partial charge in [-0.05, 0) is 37.1 Å². The average Bonchev–Trinajstić information content (AvgIpc) is 3.08. The van der Waals surface area contributed by atoms with Gasteiger partial charge < -0.3 is 10.2 Å². The summed E-state index contributed by atoms with van der Waals surface area (Å²) in [6.45, 7) is 2.36. The maximum absolute atomic E-state index is 12.4. The largest absolute Gasteiger partial charge is 0.356 e. The number of carbonyl (C=O) groups excluding carboxylic acids is 1. The van der Waals surface area contributed by atoms with E-state index >= 15 is 0 Å². The zero-order valence-corrected chi connectivity index (χ0v) is 11.8. The second-order valence-corrected chi connectivity index (χ2v) is 5.07. The number of carbonyl (C=O) groups is 1. The van der Waals surface area contributed by atoms with Gasteiger partial charge in [-0.1, -0.05) is 6.07 Å². The minimum Gasteiger partial charge on any atom is -0.356 e. The van der Waals surface area contributed by atoms with Crippen LogP contribution < -0.4 is 10.2 Å². The summed E-state index contributed by atoms with van der Waals surface area (Å²) in [5, 5.41) is 2.91. The van der Waals surface area contributed by atoms with Crippen molar-refractivity contribution in [1.29, 1.82) is 0 Å². The van der Waals surface area contributed by atoms with E-state index < -0.39 is 0 Å². The molecular formula is C16H18N4O. The highest BCUT2D eigenvalue weighted by atomic mass is 16.1. The quantitative estimate of drug-likeness (QED) is 0.932. The number of hydrogen-bond donors (Lipinski definition) is 1. The van der Waals surface area contributed by atoms with Crippen molar-refractivity contribution in [3.8, 4) is 0 Å². The first-order chi connectivity index (χ1) is 10.3. The van der Waals surface area contributed by atoms with E-state index in [2.05, 4.69) is 20.2 Å². The second-order valence-electron chi connectivity index (χ2n) is 5.07. The molecule has 3 rings (SSSR count). The summed E-state index contributed by atoms with van der Waals surface area (Å²) < 4.78 is 0. The van der Waals surface area contributed by atoms with Gasteiger partial charge in [0.2, 0.25) is 0 Å². The van der Waals surface area contributed by atoms with E-state index in [-0.39, 0.29) is 5.91 Å². The lowest BCUT2D eigenvalue weighted by molar-refractivity contribution is 0.0950. The highest BCUT2D eigenvalue weighted by molar-refractivity contribution is 5.98. The molecule has 3 heterocycles. The van der Waals surface area contributed by atoms with E-state index in [0.717, 1.165) is 37.4 Å². The predicted molar refractivity (Wildman–Crippen MR) is 81.1 cm³/mol. The first-order valence-corrected chi connectivity index (χ1v) is 7.22. The lowest BCUT2D eigenvalue weighted by Crippen LogP contribution is -2.28. The molecule has 108 valence electrons. The zero-order chi connectivity index (χ0) is 14.5. The molecule has 1 N–H and O–H groups in total. The van der Waals surface area contributed by atoms with Gasteiger partial charge in [-0.2, -0.15) is 0 Å². The number of nitrogens with one attached hydrogen (secondary N) is 1. The molecule has 0 radical (unpaired) electrons. The summed E-state index contributed by atoms with van der Waals surface area (Å²) in [7, 11) is 0. The third-order valence-corrected chi connectivity index (χ3v) is 3.59. The third kappa shape index (κ3) is 3.18. The van der Waals surface area contributed by atoms with Crippen molar-refractivity contribution in [3.05, 3.63) is 54.0 Å². The van der Waals surface area contributed by atoms with Gasteiger partial charge in [-0.3, -0.25) is 9.78 Å². The summed E-state index contributed by atoms with van der Waals surface area (Å²) in [5.41, 5.74) is 1.48. The van der Waals surface area contributed by atoms with Crippen LogP contribution in [0.15, 0.2) is 42.7 Å². The maximum atomic E-state index is 12.4. The summed E-state index contributed by atoms with van der Waals surface area (Å²) >= 11 is 0. The Labute approximate surface area is 124 Å². The van der Waals surface area contributed by atoms with Gasteiger partial charge in [0.15, 0.2) is 0 Å². The van der Waals surface area contributed by atoms with Gasteiger partial charge in [-0.25, -0.2) is 4.98 Å². The second kappa shape index (κ2) is 6.35. The number of amides is 1. The Hall–Kier alpha value is -2.43. The Morgan fingerprint density at radius 1 is 1.10 bits per heavy atom. The van der Waals surface area contributed by atoms with E-state index in [1.807, 2.05) is 24.3 Å². The smallest absolute Gasteiger partial charge is 0.255 e. The molecule has 0 saturated carbocycles. The normalized spacial score (nSPS) is 14.2. The molecule has 0 atom stereocenters. The molecule has 1 fully saturated rings. The van der Waals surface area contributed by atoms with Crippen molar-refractivity contribution in [2.24, 2.45) is 0 Å². The van der Waals surface area contributed by atoms with E-state index in [1.54, 1.807) is 18.5 Å². The van der Waals surface area contributed by atoms with Crippen LogP contribution in [0.4, 0.5) is 5.82 Å². The topological polar surface area (TPSA) is 58.1 Å². The van der Waals surface area contributed by atoms with Crippen molar-refractivity contribution >= 4 is 11.7 Å². The molecule has 1 amide bonds. The lowest BCUT2D eigenvalue weighted by Gasteiger charge is -2.19. The van der Waals surface area contributed by atoms with Crippen LogP contribution in [0.1, 0.15) is 28.9 Å². The van der Waals surface area contributed by atoms with E-state index in [4.69, 9.17) is 0 Å². The van der Waals surface area contributed by atoms with E-state index in [1.165, 1.54) is 0 Å². The average molecular weight is 282 g/mol. The summed E-state index contributed by atoms with van der Waals surface area (Å²) in [6.07, 6.45) is 5.78. The van der Waals surface area contributed by atoms with Crippen LogP contribution in [0, 0.1) is 0 Å². The number of rotatable bonds is 4. The molecule has 21 heavy (non-hydrogen) atoms. The number of aromatic nitrogens is 2. The minimum absolute atomic E-state index is 0.101. The Bertz CT molecular complexity index is 609. The number of hydrogen-bond acceptors (Lipinski definition) is 4. The molecule has 2 aromatic rings. The Morgan fingerprint density at radius 2 is 1.90 bits per heavy atom. The molecule has 1 aliphatic heterocycles. The van der Waals surface area contributed by atoms with Crippen molar-refractivity contribution < 1.29 is 4.79 Å². The number of anilines is 1. The third-order valence-electron chi connectivity index (χ3n) is 3.59. The van der Waals surface area contributed by atoms with Crippen molar-refractivity contribution in [3.63, 3.8) is 0 Å². The van der Waals surface area contributed by atoms with Gasteiger partial charge >= 0.3 is 0 Å². The van der Waals surface area contributed by atoms with Gasteiger partial charge in [0, 0.05) is 25.5 Å². The Morgan fingerprint density at radius 3 is 2.67 bits per heavy atom. The molecule has 1 aliphatic rings. The molecule has 5 heteroatoms. The summed E-state index contributed by atoms with van der Waals surface area (Å²) in [5.74, 6) is 0.684. The highest BCUT2D eigenvalue weighted by Crippen LogP contribution is 2.21. The predicted octanol–water partition coefficient (Wildman–Crippen LogP) is 2.01. The van der Waals surface area contributed by atoms with Gasteiger partial charge in [0.1, 0.15) is 5.82 Å². The fourth-order valence-electron chi connectivity index (χ4n) is 2.52. The van der Waals surface area contributed by atoms with Crippen LogP contribution in [0.2, 0.25) is 0 Å². The zero-order valence-electron chi connectivity index (χ0n) is 11.8. The van der Waals surface area contributed by atoms with Crippen LogP contribution in [0.5, 0.6) is 0 Å². The molecule has 0 spiro atoms. The van der Waals surface area contributed by atoms with Crippen molar-refractivity contribution in [1.82, 2.24) is 15.3 Å². The van der Waals surface area contributed by atoms with Crippen LogP contribution in [0.3, 0.4) is 0 Å². The lowest BCUT2D eigenvalue weighted by atomic mass is 10.2. The highest BCUT2D eigenvalue weighted by Gasteiger charge is 2.20. The monoisotopic (exact) mass is 282 g/mol. The number of nitrogens with zero attached hydrogens (tertiary/aromatic N) is 3. The van der Waals surface area contributed by atoms with Crippen molar-refractivity contribution in [2.45, 2.75) is 19.4 Å². The first kappa shape index (κ1) is 13.5. The fraction of sp³-hybridized carbons (Fsp3) is 0.312. The van der Waals surface area contributed by atoms with E-state index in [0.29, 0.717) is 12.1 Å². The standard InChI is InChI=1S/C16H18N4O/c21-16(19-12-13-6-1-2-8-17-13)14-7-5-9-18-15(14)20-10-3-4-11-20/h1-2,5-9H,3-4,10-12H2,(H,19,21). The maximum Gasteiger partial charge on any atom is 0.255 e. The summed E-state index contributed by atoms with van der Waals surface area (Å²) in [6, 6.07) is 9.29. The summed E-state index contributed by atoms with van der Waals surface area (Å²) in [4.78, 5) is 23.2. The molecular weight excluding hydrogens is 264 g/mol. The molecule has 0 aromatic carbocycles. The minimum atomic E-state index is -0.101. The molecule has 0 bridgehead atoms. The van der Waals surface area contributed by atoms with E-state index in [9.17, 15) is 4.79 Å². The molecule has 2 aromatic heterocycles. The molecule has 0 unspecified atom stereocenters. The molecule has 1 saturated heterocycles. The van der Waals surface area contributed by atoms with Crippen LogP contribution in [-0.4, -0.2) is 29.0 Å². The molecule has 5 nitrogen and oxygen atoms in total. The fourth-order valence-corrected chi connectivity index (χ4v) is 2.52. The van der Waals surface area contributed by atoms with Crippen LogP contribution >= 0.6 is 0 Å². The first-order valence-electron chi connectivity index (χ1n) is 7.22. The molecule has 0 aliphatic carbocycles. The Kier molecular flexibility index (Phi) is 4.09. The van der Waals surface area contributed by atoms with Gasteiger partial charge in [0.05, 0.1) is 17.8 Å². The number of pyridine rings is 2. The van der Waals surface area contributed by atoms with Gasteiger partial charge in [0.25, 0.3) is 5.91 Å². The SMILES string of the molecule is O=C(NCc1ccccn1)c1cccnc1N1CCCC1. The van der Waals surface area contributed by atoms with Gasteiger partial charge in [-0.15, -0.1) is 0 Å². The Balaban J connectivity index is 1.72. The van der Waals surface area contributed by atoms with Crippen molar-refractivity contribution in [2.75, 3.05) is 18.0 Å². The van der Waals surface area contributed by atoms with Crippen LogP contribution in [-0.2, 0) is 6.54 Å².